The first-order valence-corrected chi connectivity index (χ1v) is 10.7. The Morgan fingerprint density at radius 2 is 1.17 bits per heavy atom. The van der Waals surface area contributed by atoms with Gasteiger partial charge in [-0.3, -0.25) is 24.0 Å². The van der Waals surface area contributed by atoms with E-state index in [4.69, 9.17) is 42.6 Å². The van der Waals surface area contributed by atoms with Crippen molar-refractivity contribution in [3.05, 3.63) is 0 Å². The van der Waals surface area contributed by atoms with Gasteiger partial charge in [0.1, 0.15) is 18.8 Å². The Morgan fingerprint density at radius 3 is 1.66 bits per heavy atom. The van der Waals surface area contributed by atoms with Crippen LogP contribution in [0.3, 0.4) is 0 Å². The summed E-state index contributed by atoms with van der Waals surface area (Å²) in [6.07, 6.45) is -9.44. The molecule has 2 rings (SSSR count). The molecule has 0 aromatic heterocycles. The molecular formula is C21H30O14. The molecule has 198 valence electrons. The van der Waals surface area contributed by atoms with E-state index >= 15 is 0 Å². The molecule has 35 heavy (non-hydrogen) atoms. The lowest BCUT2D eigenvalue weighted by molar-refractivity contribution is -0.303. The Bertz CT molecular complexity index is 797. The Morgan fingerprint density at radius 1 is 0.686 bits per heavy atom. The molecule has 0 bridgehead atoms. The molecule has 8 unspecified atom stereocenters. The molecule has 0 aromatic carbocycles. The number of rotatable bonds is 9. The number of carbonyl (C=O) groups is 5. The maximum absolute atomic E-state index is 11.8. The first-order valence-electron chi connectivity index (χ1n) is 10.7. The molecule has 8 atom stereocenters. The molecule has 2 aliphatic heterocycles. The third kappa shape index (κ3) is 8.13. The maximum atomic E-state index is 11.8. The molecule has 0 aliphatic carbocycles. The molecule has 2 heterocycles. The van der Waals surface area contributed by atoms with Crippen LogP contribution in [0.5, 0.6) is 0 Å². The highest BCUT2D eigenvalue weighted by Crippen LogP contribution is 2.32. The minimum absolute atomic E-state index is 0.201. The van der Waals surface area contributed by atoms with Gasteiger partial charge in [0.2, 0.25) is 0 Å². The molecule has 2 aliphatic rings. The minimum atomic E-state index is -1.37. The van der Waals surface area contributed by atoms with Crippen LogP contribution in [0.1, 0.15) is 34.6 Å². The SMILES string of the molecule is COC1OCC(OC2OC(COC(C)=O)C(OC(C)=O)C2OC(C)=O)C(OC(C)=O)C1OC(C)=O. The second-order valence-corrected chi connectivity index (χ2v) is 7.75. The molecule has 0 spiro atoms. The van der Waals surface area contributed by atoms with E-state index in [1.54, 1.807) is 0 Å². The van der Waals surface area contributed by atoms with E-state index in [0.29, 0.717) is 0 Å². The second kappa shape index (κ2) is 12.8. The third-order valence-electron chi connectivity index (χ3n) is 4.85. The van der Waals surface area contributed by atoms with Gasteiger partial charge in [0.15, 0.2) is 37.0 Å². The standard InChI is InChI=1S/C21H30O14/c1-9(22)28-7-14-17(31-11(3)24)19(33-13(5)26)21(34-14)35-15-8-29-20(27-6)18(32-12(4)25)16(15)30-10(2)23/h14-21H,7-8H2,1-6H3. The van der Waals surface area contributed by atoms with Crippen molar-refractivity contribution < 1.29 is 66.6 Å². The summed E-state index contributed by atoms with van der Waals surface area (Å²) in [6, 6.07) is 0. The summed E-state index contributed by atoms with van der Waals surface area (Å²) in [7, 11) is 1.31. The van der Waals surface area contributed by atoms with Crippen LogP contribution < -0.4 is 0 Å². The van der Waals surface area contributed by atoms with Crippen molar-refractivity contribution in [2.75, 3.05) is 20.3 Å². The minimum Gasteiger partial charge on any atom is -0.463 e. The highest BCUT2D eigenvalue weighted by Gasteiger charge is 2.54. The van der Waals surface area contributed by atoms with Crippen molar-refractivity contribution in [1.82, 2.24) is 0 Å². The molecule has 14 heteroatoms. The van der Waals surface area contributed by atoms with Crippen LogP contribution in [0.2, 0.25) is 0 Å². The fourth-order valence-electron chi connectivity index (χ4n) is 3.67. The number of ether oxygens (including phenoxy) is 9. The summed E-state index contributed by atoms with van der Waals surface area (Å²) in [5.74, 6) is -3.45. The van der Waals surface area contributed by atoms with Crippen LogP contribution >= 0.6 is 0 Å². The van der Waals surface area contributed by atoms with E-state index in [-0.39, 0.29) is 13.2 Å². The molecule has 0 N–H and O–H groups in total. The van der Waals surface area contributed by atoms with Gasteiger partial charge in [-0.25, -0.2) is 0 Å². The quantitative estimate of drug-likeness (QED) is 0.287. The topological polar surface area (TPSA) is 168 Å². The van der Waals surface area contributed by atoms with Gasteiger partial charge >= 0.3 is 29.8 Å². The van der Waals surface area contributed by atoms with Crippen LogP contribution in [-0.2, 0) is 66.6 Å². The van der Waals surface area contributed by atoms with E-state index in [9.17, 15) is 24.0 Å². The lowest BCUT2D eigenvalue weighted by Gasteiger charge is -2.41. The fourth-order valence-corrected chi connectivity index (χ4v) is 3.67. The maximum Gasteiger partial charge on any atom is 0.303 e. The number of esters is 5. The van der Waals surface area contributed by atoms with Crippen LogP contribution in [0.4, 0.5) is 0 Å². The van der Waals surface area contributed by atoms with Crippen molar-refractivity contribution >= 4 is 29.8 Å². The summed E-state index contributed by atoms with van der Waals surface area (Å²) in [4.78, 5) is 58.2. The predicted molar refractivity (Wildman–Crippen MR) is 109 cm³/mol. The number of hydrogen-bond acceptors (Lipinski definition) is 14. The van der Waals surface area contributed by atoms with Gasteiger partial charge in [-0.1, -0.05) is 0 Å². The summed E-state index contributed by atoms with van der Waals surface area (Å²) in [6.45, 7) is 5.22. The molecule has 14 nitrogen and oxygen atoms in total. The Hall–Kier alpha value is -2.81. The largest absolute Gasteiger partial charge is 0.463 e. The van der Waals surface area contributed by atoms with Gasteiger partial charge in [-0.05, 0) is 0 Å². The zero-order valence-corrected chi connectivity index (χ0v) is 20.2. The summed E-state index contributed by atoms with van der Waals surface area (Å²) in [5.41, 5.74) is 0. The normalized spacial score (nSPS) is 32.3. The van der Waals surface area contributed by atoms with Gasteiger partial charge < -0.3 is 42.6 Å². The molecule has 2 saturated heterocycles. The Balaban J connectivity index is 2.34. The average molecular weight is 506 g/mol. The number of hydrogen-bond donors (Lipinski definition) is 0. The molecule has 0 radical (unpaired) electrons. The molecular weight excluding hydrogens is 476 g/mol. The number of carbonyl (C=O) groups excluding carboxylic acids is 5. The molecule has 0 saturated carbocycles. The Labute approximate surface area is 201 Å². The first kappa shape index (κ1) is 28.4. The Kier molecular flexibility index (Phi) is 10.4. The molecule has 2 fully saturated rings. The monoisotopic (exact) mass is 506 g/mol. The van der Waals surface area contributed by atoms with Crippen LogP contribution in [0.15, 0.2) is 0 Å². The summed E-state index contributed by atoms with van der Waals surface area (Å²) < 4.78 is 48.6. The highest BCUT2D eigenvalue weighted by molar-refractivity contribution is 5.68. The summed E-state index contributed by atoms with van der Waals surface area (Å²) in [5, 5.41) is 0. The van der Waals surface area contributed by atoms with Crippen molar-refractivity contribution in [3.63, 3.8) is 0 Å². The van der Waals surface area contributed by atoms with Crippen molar-refractivity contribution in [2.45, 2.75) is 83.8 Å². The van der Waals surface area contributed by atoms with E-state index in [0.717, 1.165) is 27.7 Å². The van der Waals surface area contributed by atoms with E-state index in [1.807, 2.05) is 0 Å². The smallest absolute Gasteiger partial charge is 0.303 e. The predicted octanol–water partition coefficient (Wildman–Crippen LogP) is -0.611. The van der Waals surface area contributed by atoms with Gasteiger partial charge in [0.25, 0.3) is 0 Å². The van der Waals surface area contributed by atoms with Gasteiger partial charge in [0.05, 0.1) is 6.61 Å². The van der Waals surface area contributed by atoms with Crippen LogP contribution in [0.25, 0.3) is 0 Å². The van der Waals surface area contributed by atoms with E-state index in [1.165, 1.54) is 14.0 Å². The van der Waals surface area contributed by atoms with Crippen molar-refractivity contribution in [3.8, 4) is 0 Å². The van der Waals surface area contributed by atoms with Crippen LogP contribution in [0, 0.1) is 0 Å². The zero-order chi connectivity index (χ0) is 26.3. The van der Waals surface area contributed by atoms with Crippen LogP contribution in [-0.4, -0.2) is 99.4 Å². The van der Waals surface area contributed by atoms with Crippen molar-refractivity contribution in [1.29, 1.82) is 0 Å². The molecule has 0 aromatic rings. The van der Waals surface area contributed by atoms with E-state index in [2.05, 4.69) is 0 Å². The lowest BCUT2D eigenvalue weighted by Crippen LogP contribution is -2.58. The van der Waals surface area contributed by atoms with Gasteiger partial charge in [-0.15, -0.1) is 0 Å². The first-order chi connectivity index (χ1) is 16.4. The number of methoxy groups -OCH3 is 1. The average Bonchev–Trinajstić information content (AvgIpc) is 3.03. The zero-order valence-electron chi connectivity index (χ0n) is 20.2. The fraction of sp³-hybridized carbons (Fsp3) is 0.762. The summed E-state index contributed by atoms with van der Waals surface area (Å²) >= 11 is 0. The second-order valence-electron chi connectivity index (χ2n) is 7.75. The third-order valence-corrected chi connectivity index (χ3v) is 4.85. The molecule has 0 amide bonds. The lowest BCUT2D eigenvalue weighted by atomic mass is 10.0. The van der Waals surface area contributed by atoms with E-state index < -0.39 is 79.1 Å². The van der Waals surface area contributed by atoms with Gasteiger partial charge in [-0.2, -0.15) is 0 Å². The van der Waals surface area contributed by atoms with Crippen molar-refractivity contribution in [2.24, 2.45) is 0 Å². The van der Waals surface area contributed by atoms with Gasteiger partial charge in [0, 0.05) is 41.7 Å². The highest BCUT2D eigenvalue weighted by atomic mass is 16.8.